The minimum Gasteiger partial charge on any atom is -0.495 e. The maximum absolute atomic E-state index is 12.6. The van der Waals surface area contributed by atoms with Crippen LogP contribution >= 0.6 is 0 Å². The fraction of sp³-hybridized carbons (Fsp3) is 0.296. The lowest BCUT2D eigenvalue weighted by molar-refractivity contribution is -0.384. The summed E-state index contributed by atoms with van der Waals surface area (Å²) in [4.78, 5) is 23.1. The number of nitro benzene ring substituents is 1. The van der Waals surface area contributed by atoms with E-state index >= 15 is 0 Å². The molecule has 3 rings (SSSR count). The van der Waals surface area contributed by atoms with E-state index in [-0.39, 0.29) is 29.6 Å². The molecule has 0 aromatic heterocycles. The van der Waals surface area contributed by atoms with E-state index in [1.807, 2.05) is 24.3 Å². The van der Waals surface area contributed by atoms with Gasteiger partial charge in [-0.3, -0.25) is 19.2 Å². The number of nitro groups is 1. The number of nitrogens with one attached hydrogen (secondary N) is 1. The number of carbonyl (C=O) groups is 1. The van der Waals surface area contributed by atoms with Crippen molar-refractivity contribution in [3.63, 3.8) is 0 Å². The molecule has 0 aliphatic carbocycles. The van der Waals surface area contributed by atoms with Crippen molar-refractivity contribution in [1.29, 1.82) is 0 Å². The highest BCUT2D eigenvalue weighted by Crippen LogP contribution is 2.34. The minimum absolute atomic E-state index is 0.0472. The first kappa shape index (κ1) is 28.5. The third-order valence-electron chi connectivity index (χ3n) is 5.70. The number of carbonyl (C=O) groups excluding carboxylic acids is 1. The van der Waals surface area contributed by atoms with Crippen molar-refractivity contribution in [2.75, 3.05) is 30.8 Å². The number of nitrogens with zero attached hydrogens (tertiary/aromatic N) is 2. The van der Waals surface area contributed by atoms with E-state index in [9.17, 15) is 23.3 Å². The summed E-state index contributed by atoms with van der Waals surface area (Å²) in [6.45, 7) is 2.64. The van der Waals surface area contributed by atoms with Crippen LogP contribution in [0.15, 0.2) is 66.7 Å². The molecule has 0 saturated heterocycles. The summed E-state index contributed by atoms with van der Waals surface area (Å²) in [6.07, 6.45) is 3.11. The molecule has 11 heteroatoms. The van der Waals surface area contributed by atoms with Crippen LogP contribution in [0.5, 0.6) is 11.5 Å². The first-order valence-electron chi connectivity index (χ1n) is 12.0. The number of methoxy groups -OCH3 is 1. The van der Waals surface area contributed by atoms with Crippen LogP contribution in [0.3, 0.4) is 0 Å². The lowest BCUT2D eigenvalue weighted by Crippen LogP contribution is -2.30. The molecule has 3 aromatic carbocycles. The summed E-state index contributed by atoms with van der Waals surface area (Å²) in [5, 5.41) is 14.0. The molecular formula is C27H31N3O7S. The van der Waals surface area contributed by atoms with Crippen LogP contribution in [0.1, 0.15) is 34.8 Å². The Labute approximate surface area is 222 Å². The third kappa shape index (κ3) is 7.69. The molecule has 0 spiro atoms. The zero-order valence-electron chi connectivity index (χ0n) is 21.5. The molecule has 0 bridgehead atoms. The smallest absolute Gasteiger partial charge is 0.271 e. The lowest BCUT2D eigenvalue weighted by Gasteiger charge is -2.24. The second-order valence-electron chi connectivity index (χ2n) is 8.58. The standard InChI is InChI=1S/C27H31N3O7S/c1-4-5-20-8-13-24(14-9-20)37-17-16-28-27(31)22-10-6-21(7-11-22)19-29(38(3,34)35)25-18-23(30(32)33)12-15-26(25)36-2/h6-15,18H,4-5,16-17,19H2,1-3H3,(H,28,31). The van der Waals surface area contributed by atoms with Crippen LogP contribution in [0, 0.1) is 10.1 Å². The number of hydrogen-bond acceptors (Lipinski definition) is 7. The Balaban J connectivity index is 1.62. The number of benzene rings is 3. The van der Waals surface area contributed by atoms with E-state index < -0.39 is 14.9 Å². The van der Waals surface area contributed by atoms with Crippen molar-refractivity contribution in [2.24, 2.45) is 0 Å². The van der Waals surface area contributed by atoms with Crippen LogP contribution < -0.4 is 19.1 Å². The van der Waals surface area contributed by atoms with Gasteiger partial charge in [-0.15, -0.1) is 0 Å². The number of ether oxygens (including phenoxy) is 2. The van der Waals surface area contributed by atoms with Gasteiger partial charge in [-0.25, -0.2) is 8.42 Å². The number of sulfonamides is 1. The van der Waals surface area contributed by atoms with Gasteiger partial charge >= 0.3 is 0 Å². The fourth-order valence-corrected chi connectivity index (χ4v) is 4.66. The molecule has 0 unspecified atom stereocenters. The summed E-state index contributed by atoms with van der Waals surface area (Å²) < 4.78 is 37.1. The first-order chi connectivity index (χ1) is 18.1. The van der Waals surface area contributed by atoms with Crippen molar-refractivity contribution >= 4 is 27.3 Å². The summed E-state index contributed by atoms with van der Waals surface area (Å²) in [5.41, 5.74) is 2.01. The van der Waals surface area contributed by atoms with Crippen LogP contribution in [0.4, 0.5) is 11.4 Å². The molecule has 10 nitrogen and oxygen atoms in total. The molecule has 0 heterocycles. The van der Waals surface area contributed by atoms with Crippen molar-refractivity contribution < 1.29 is 27.6 Å². The highest BCUT2D eigenvalue weighted by atomic mass is 32.2. The van der Waals surface area contributed by atoms with Gasteiger partial charge in [0.2, 0.25) is 10.0 Å². The van der Waals surface area contributed by atoms with E-state index in [2.05, 4.69) is 12.2 Å². The number of anilines is 1. The van der Waals surface area contributed by atoms with Gasteiger partial charge in [0.25, 0.3) is 11.6 Å². The minimum atomic E-state index is -3.82. The average molecular weight is 542 g/mol. The topological polar surface area (TPSA) is 128 Å². The number of hydrogen-bond donors (Lipinski definition) is 1. The Morgan fingerprint density at radius 3 is 2.26 bits per heavy atom. The molecule has 0 radical (unpaired) electrons. The van der Waals surface area contributed by atoms with Crippen molar-refractivity contribution in [3.05, 3.63) is 93.5 Å². The number of aryl methyl sites for hydroxylation is 1. The Kier molecular flexibility index (Phi) is 9.66. The molecule has 0 saturated carbocycles. The summed E-state index contributed by atoms with van der Waals surface area (Å²) in [5.74, 6) is 0.620. The monoisotopic (exact) mass is 541 g/mol. The number of amides is 1. The predicted molar refractivity (Wildman–Crippen MR) is 145 cm³/mol. The van der Waals surface area contributed by atoms with Gasteiger partial charge in [0.1, 0.15) is 23.8 Å². The summed E-state index contributed by atoms with van der Waals surface area (Å²) >= 11 is 0. The summed E-state index contributed by atoms with van der Waals surface area (Å²) in [6, 6.07) is 18.1. The van der Waals surface area contributed by atoms with E-state index in [0.29, 0.717) is 24.3 Å². The average Bonchev–Trinajstić information content (AvgIpc) is 2.90. The molecule has 0 aliphatic heterocycles. The lowest BCUT2D eigenvalue weighted by atomic mass is 10.1. The molecule has 1 amide bonds. The van der Waals surface area contributed by atoms with Gasteiger partial charge in [-0.2, -0.15) is 0 Å². The highest BCUT2D eigenvalue weighted by molar-refractivity contribution is 7.92. The van der Waals surface area contributed by atoms with Crippen LogP contribution in [-0.4, -0.2) is 45.8 Å². The molecule has 202 valence electrons. The molecule has 0 aliphatic rings. The van der Waals surface area contributed by atoms with E-state index in [0.717, 1.165) is 35.2 Å². The zero-order chi connectivity index (χ0) is 27.7. The second kappa shape index (κ2) is 12.9. The van der Waals surface area contributed by atoms with Gasteiger partial charge in [-0.05, 0) is 47.9 Å². The fourth-order valence-electron chi connectivity index (χ4n) is 3.77. The third-order valence-corrected chi connectivity index (χ3v) is 6.83. The van der Waals surface area contributed by atoms with Crippen LogP contribution in [0.25, 0.3) is 0 Å². The van der Waals surface area contributed by atoms with Gasteiger partial charge in [0.15, 0.2) is 0 Å². The van der Waals surface area contributed by atoms with Gasteiger partial charge in [0, 0.05) is 17.7 Å². The zero-order valence-corrected chi connectivity index (χ0v) is 22.4. The Bertz CT molecular complexity index is 1360. The van der Waals surface area contributed by atoms with Crippen LogP contribution in [-0.2, 0) is 23.0 Å². The molecular weight excluding hydrogens is 510 g/mol. The molecule has 0 fully saturated rings. The second-order valence-corrected chi connectivity index (χ2v) is 10.5. The highest BCUT2D eigenvalue weighted by Gasteiger charge is 2.24. The molecule has 38 heavy (non-hydrogen) atoms. The Morgan fingerprint density at radius 1 is 1.03 bits per heavy atom. The van der Waals surface area contributed by atoms with Crippen molar-refractivity contribution in [1.82, 2.24) is 5.32 Å². The molecule has 0 atom stereocenters. The predicted octanol–water partition coefficient (Wildman–Crippen LogP) is 4.33. The number of rotatable bonds is 13. The van der Waals surface area contributed by atoms with E-state index in [4.69, 9.17) is 9.47 Å². The van der Waals surface area contributed by atoms with Crippen molar-refractivity contribution in [2.45, 2.75) is 26.3 Å². The Morgan fingerprint density at radius 2 is 1.68 bits per heavy atom. The maximum Gasteiger partial charge on any atom is 0.271 e. The SMILES string of the molecule is CCCc1ccc(OCCNC(=O)c2ccc(CN(c3cc([N+](=O)[O-])ccc3OC)S(C)(=O)=O)cc2)cc1. The van der Waals surface area contributed by atoms with Crippen LogP contribution in [0.2, 0.25) is 0 Å². The quantitative estimate of drug-likeness (QED) is 0.194. The van der Waals surface area contributed by atoms with Crippen molar-refractivity contribution in [3.8, 4) is 11.5 Å². The Hall–Kier alpha value is -4.12. The van der Waals surface area contributed by atoms with E-state index in [1.54, 1.807) is 24.3 Å². The first-order valence-corrected chi connectivity index (χ1v) is 13.9. The maximum atomic E-state index is 12.6. The molecule has 3 aromatic rings. The molecule has 1 N–H and O–H groups in total. The van der Waals surface area contributed by atoms with Gasteiger partial charge < -0.3 is 14.8 Å². The van der Waals surface area contributed by atoms with Gasteiger partial charge in [-0.1, -0.05) is 37.6 Å². The normalized spacial score (nSPS) is 11.0. The van der Waals surface area contributed by atoms with E-state index in [1.165, 1.54) is 24.8 Å². The summed E-state index contributed by atoms with van der Waals surface area (Å²) in [7, 11) is -2.47. The number of non-ortho nitro benzene ring substituents is 1. The van der Waals surface area contributed by atoms with Gasteiger partial charge in [0.05, 0.1) is 31.4 Å². The largest absolute Gasteiger partial charge is 0.495 e.